The molecule has 0 aliphatic rings. The molecule has 0 saturated heterocycles. The Kier molecular flexibility index (Phi) is 3.77. The smallest absolute Gasteiger partial charge is 0.173 e. The molecule has 0 saturated carbocycles. The van der Waals surface area contributed by atoms with Crippen LogP contribution in [0.3, 0.4) is 0 Å². The predicted octanol–water partition coefficient (Wildman–Crippen LogP) is 3.11. The Labute approximate surface area is 106 Å². The SMILES string of the molecule is CN(Cc1ccco1)C(=S)Nc1ccccc1. The fourth-order valence-electron chi connectivity index (χ4n) is 1.45. The van der Waals surface area contributed by atoms with E-state index in [1.54, 1.807) is 6.26 Å². The number of hydrogen-bond donors (Lipinski definition) is 1. The molecule has 4 heteroatoms. The molecule has 1 heterocycles. The van der Waals surface area contributed by atoms with Gasteiger partial charge in [-0.25, -0.2) is 0 Å². The molecule has 0 radical (unpaired) electrons. The second-order valence-corrected chi connectivity index (χ2v) is 4.12. The van der Waals surface area contributed by atoms with Gasteiger partial charge in [0.2, 0.25) is 0 Å². The van der Waals surface area contributed by atoms with Crippen LogP contribution in [0.4, 0.5) is 5.69 Å². The summed E-state index contributed by atoms with van der Waals surface area (Å²) < 4.78 is 5.28. The van der Waals surface area contributed by atoms with Gasteiger partial charge in [-0.1, -0.05) is 18.2 Å². The van der Waals surface area contributed by atoms with Gasteiger partial charge in [0.1, 0.15) is 5.76 Å². The van der Waals surface area contributed by atoms with Crippen LogP contribution < -0.4 is 5.32 Å². The van der Waals surface area contributed by atoms with E-state index in [9.17, 15) is 0 Å². The average molecular weight is 246 g/mol. The molecule has 0 unspecified atom stereocenters. The van der Waals surface area contributed by atoms with Gasteiger partial charge in [-0.05, 0) is 36.5 Å². The topological polar surface area (TPSA) is 28.4 Å². The highest BCUT2D eigenvalue weighted by Crippen LogP contribution is 2.08. The first-order chi connectivity index (χ1) is 8.25. The molecule has 1 aromatic carbocycles. The minimum atomic E-state index is 0.658. The third-order valence-electron chi connectivity index (χ3n) is 2.34. The van der Waals surface area contributed by atoms with Gasteiger partial charge in [0.15, 0.2) is 5.11 Å². The molecule has 2 aromatic rings. The molecule has 17 heavy (non-hydrogen) atoms. The van der Waals surface area contributed by atoms with Crippen molar-refractivity contribution in [2.24, 2.45) is 0 Å². The van der Waals surface area contributed by atoms with E-state index in [2.05, 4.69) is 5.32 Å². The van der Waals surface area contributed by atoms with E-state index in [1.165, 1.54) is 0 Å². The minimum Gasteiger partial charge on any atom is -0.467 e. The maximum atomic E-state index is 5.30. The zero-order valence-corrected chi connectivity index (χ0v) is 10.4. The maximum Gasteiger partial charge on any atom is 0.173 e. The summed E-state index contributed by atoms with van der Waals surface area (Å²) in [4.78, 5) is 1.93. The fraction of sp³-hybridized carbons (Fsp3) is 0.154. The van der Waals surface area contributed by atoms with Gasteiger partial charge in [-0.3, -0.25) is 0 Å². The second-order valence-electron chi connectivity index (χ2n) is 3.73. The van der Waals surface area contributed by atoms with Crippen molar-refractivity contribution in [3.05, 3.63) is 54.5 Å². The third kappa shape index (κ3) is 3.32. The zero-order valence-electron chi connectivity index (χ0n) is 9.59. The Morgan fingerprint density at radius 3 is 2.65 bits per heavy atom. The molecule has 0 spiro atoms. The molecule has 0 aliphatic carbocycles. The van der Waals surface area contributed by atoms with Crippen LogP contribution in [0, 0.1) is 0 Å². The molecule has 88 valence electrons. The molecule has 1 N–H and O–H groups in total. The van der Waals surface area contributed by atoms with E-state index in [0.29, 0.717) is 11.7 Å². The van der Waals surface area contributed by atoms with Crippen LogP contribution in [0.5, 0.6) is 0 Å². The zero-order chi connectivity index (χ0) is 12.1. The van der Waals surface area contributed by atoms with Gasteiger partial charge < -0.3 is 14.6 Å². The highest BCUT2D eigenvalue weighted by atomic mass is 32.1. The predicted molar refractivity (Wildman–Crippen MR) is 72.8 cm³/mol. The van der Waals surface area contributed by atoms with Crippen LogP contribution in [0.25, 0.3) is 0 Å². The first-order valence-corrected chi connectivity index (χ1v) is 5.76. The summed E-state index contributed by atoms with van der Waals surface area (Å²) >= 11 is 5.30. The average Bonchev–Trinajstić information content (AvgIpc) is 2.83. The molecule has 0 fully saturated rings. The largest absolute Gasteiger partial charge is 0.467 e. The molecule has 1 aromatic heterocycles. The number of thiocarbonyl (C=S) groups is 1. The van der Waals surface area contributed by atoms with Gasteiger partial charge in [0.25, 0.3) is 0 Å². The van der Waals surface area contributed by atoms with Gasteiger partial charge >= 0.3 is 0 Å². The normalized spacial score (nSPS) is 9.94. The van der Waals surface area contributed by atoms with Crippen molar-refractivity contribution >= 4 is 23.0 Å². The number of para-hydroxylation sites is 1. The molecule has 3 nitrogen and oxygen atoms in total. The van der Waals surface area contributed by atoms with Crippen LogP contribution in [0.15, 0.2) is 53.1 Å². The van der Waals surface area contributed by atoms with Gasteiger partial charge in [-0.15, -0.1) is 0 Å². The lowest BCUT2D eigenvalue weighted by Gasteiger charge is -2.19. The summed E-state index contributed by atoms with van der Waals surface area (Å²) in [5, 5.41) is 3.84. The third-order valence-corrected chi connectivity index (χ3v) is 2.76. The number of rotatable bonds is 3. The minimum absolute atomic E-state index is 0.658. The Bertz CT molecular complexity index is 467. The molecule has 0 amide bonds. The van der Waals surface area contributed by atoms with Crippen molar-refractivity contribution in [1.82, 2.24) is 4.90 Å². The molecule has 0 atom stereocenters. The Morgan fingerprint density at radius 2 is 2.00 bits per heavy atom. The summed E-state index contributed by atoms with van der Waals surface area (Å²) in [6, 6.07) is 13.7. The van der Waals surface area contributed by atoms with Crippen molar-refractivity contribution in [2.45, 2.75) is 6.54 Å². The van der Waals surface area contributed by atoms with E-state index in [4.69, 9.17) is 16.6 Å². The van der Waals surface area contributed by atoms with Crippen LogP contribution in [0.2, 0.25) is 0 Å². The fourth-order valence-corrected chi connectivity index (χ4v) is 1.63. The van der Waals surface area contributed by atoms with Crippen molar-refractivity contribution < 1.29 is 4.42 Å². The first kappa shape index (κ1) is 11.7. The molecular weight excluding hydrogens is 232 g/mol. The van der Waals surface area contributed by atoms with Gasteiger partial charge in [-0.2, -0.15) is 0 Å². The molecule has 0 aliphatic heterocycles. The summed E-state index contributed by atoms with van der Waals surface area (Å²) in [5.74, 6) is 0.893. The number of nitrogens with one attached hydrogen (secondary N) is 1. The van der Waals surface area contributed by atoms with Crippen molar-refractivity contribution in [3.8, 4) is 0 Å². The van der Waals surface area contributed by atoms with E-state index in [0.717, 1.165) is 11.4 Å². The quantitative estimate of drug-likeness (QED) is 0.842. The van der Waals surface area contributed by atoms with Gasteiger partial charge in [0, 0.05) is 12.7 Å². The second kappa shape index (κ2) is 5.50. The first-order valence-electron chi connectivity index (χ1n) is 5.35. The van der Waals surface area contributed by atoms with E-state index >= 15 is 0 Å². The molecular formula is C13H14N2OS. The lowest BCUT2D eigenvalue weighted by atomic mass is 10.3. The number of furan rings is 1. The summed E-state index contributed by atoms with van der Waals surface area (Å²) in [7, 11) is 1.93. The van der Waals surface area contributed by atoms with Crippen LogP contribution in [-0.2, 0) is 6.54 Å². The van der Waals surface area contributed by atoms with Crippen LogP contribution >= 0.6 is 12.2 Å². The lowest BCUT2D eigenvalue weighted by molar-refractivity contribution is 0.414. The molecule has 2 rings (SSSR count). The standard InChI is InChI=1S/C13H14N2OS/c1-15(10-12-8-5-9-16-12)13(17)14-11-6-3-2-4-7-11/h2-9H,10H2,1H3,(H,14,17). The van der Waals surface area contributed by atoms with E-state index in [-0.39, 0.29) is 0 Å². The van der Waals surface area contributed by atoms with Crippen molar-refractivity contribution in [2.75, 3.05) is 12.4 Å². The highest BCUT2D eigenvalue weighted by Gasteiger charge is 2.06. The summed E-state index contributed by atoms with van der Waals surface area (Å²) in [5.41, 5.74) is 0.990. The maximum absolute atomic E-state index is 5.30. The van der Waals surface area contributed by atoms with E-state index < -0.39 is 0 Å². The lowest BCUT2D eigenvalue weighted by Crippen LogP contribution is -2.30. The Balaban J connectivity index is 1.92. The van der Waals surface area contributed by atoms with Gasteiger partial charge in [0.05, 0.1) is 12.8 Å². The number of benzene rings is 1. The van der Waals surface area contributed by atoms with Crippen LogP contribution in [0.1, 0.15) is 5.76 Å². The van der Waals surface area contributed by atoms with Crippen molar-refractivity contribution in [3.63, 3.8) is 0 Å². The van der Waals surface area contributed by atoms with E-state index in [1.807, 2.05) is 54.4 Å². The van der Waals surface area contributed by atoms with Crippen molar-refractivity contribution in [1.29, 1.82) is 0 Å². The Morgan fingerprint density at radius 1 is 1.24 bits per heavy atom. The highest BCUT2D eigenvalue weighted by molar-refractivity contribution is 7.80. The Hall–Kier alpha value is -1.81. The monoisotopic (exact) mass is 246 g/mol. The number of hydrogen-bond acceptors (Lipinski definition) is 2. The number of nitrogens with zero attached hydrogens (tertiary/aromatic N) is 1. The molecule has 0 bridgehead atoms. The summed E-state index contributed by atoms with van der Waals surface area (Å²) in [6.45, 7) is 0.658. The number of anilines is 1. The van der Waals surface area contributed by atoms with Crippen LogP contribution in [-0.4, -0.2) is 17.1 Å². The summed E-state index contributed by atoms with van der Waals surface area (Å²) in [6.07, 6.45) is 1.66.